The molecule has 0 spiro atoms. The second-order valence-electron chi connectivity index (χ2n) is 6.38. The quantitative estimate of drug-likeness (QED) is 0.737. The fourth-order valence-electron chi connectivity index (χ4n) is 2.96. The van der Waals surface area contributed by atoms with Crippen LogP contribution in [-0.2, 0) is 17.9 Å². The molecule has 1 aliphatic rings. The number of ether oxygens (including phenoxy) is 2. The van der Waals surface area contributed by atoms with E-state index in [1.54, 1.807) is 19.5 Å². The average Bonchev–Trinajstić information content (AvgIpc) is 3.18. The molecule has 0 radical (unpaired) electrons. The van der Waals surface area contributed by atoms with Gasteiger partial charge < -0.3 is 14.8 Å². The normalized spacial score (nSPS) is 15.7. The molecule has 3 rings (SSSR count). The van der Waals surface area contributed by atoms with Crippen LogP contribution < -0.4 is 14.8 Å². The Hall–Kier alpha value is -2.82. The van der Waals surface area contributed by atoms with E-state index in [0.717, 1.165) is 24.0 Å². The molecule has 1 aromatic carbocycles. The third kappa shape index (κ3) is 5.09. The number of amides is 1. The summed E-state index contributed by atoms with van der Waals surface area (Å²) in [5.74, 6) is 1.80. The minimum Gasteiger partial charge on any atom is -0.493 e. The van der Waals surface area contributed by atoms with Crippen LogP contribution in [0.25, 0.3) is 0 Å². The molecule has 0 bridgehead atoms. The number of benzene rings is 1. The molecular weight excluding hydrogens is 328 g/mol. The first-order valence-electron chi connectivity index (χ1n) is 8.86. The summed E-state index contributed by atoms with van der Waals surface area (Å²) in [6, 6.07) is 9.55. The molecule has 0 aliphatic heterocycles. The maximum atomic E-state index is 12.0. The number of carbonyl (C=O) groups excluding carboxylic acids is 1. The van der Waals surface area contributed by atoms with E-state index in [1.165, 1.54) is 0 Å². The molecule has 26 heavy (non-hydrogen) atoms. The predicted octanol–water partition coefficient (Wildman–Crippen LogP) is 3.64. The Bertz CT molecular complexity index is 759. The minimum absolute atomic E-state index is 0.0820. The monoisotopic (exact) mass is 352 g/mol. The number of allylic oxidation sites excluding steroid dienone is 2. The molecule has 1 heterocycles. The number of methoxy groups -OCH3 is 1. The van der Waals surface area contributed by atoms with E-state index < -0.39 is 0 Å². The van der Waals surface area contributed by atoms with Gasteiger partial charge in [-0.05, 0) is 54.2 Å². The zero-order chi connectivity index (χ0) is 18.2. The smallest absolute Gasteiger partial charge is 0.220 e. The largest absolute Gasteiger partial charge is 0.493 e. The maximum Gasteiger partial charge on any atom is 0.220 e. The number of nitrogens with one attached hydrogen (secondary N) is 1. The summed E-state index contributed by atoms with van der Waals surface area (Å²) in [5.41, 5.74) is 2.02. The van der Waals surface area contributed by atoms with Crippen LogP contribution in [-0.4, -0.2) is 18.0 Å². The fourth-order valence-corrected chi connectivity index (χ4v) is 2.96. The molecule has 0 saturated carbocycles. The third-order valence-corrected chi connectivity index (χ3v) is 4.42. The molecular formula is C21H24N2O3. The van der Waals surface area contributed by atoms with Crippen molar-refractivity contribution in [3.05, 3.63) is 66.0 Å². The molecule has 1 atom stereocenters. The van der Waals surface area contributed by atoms with Gasteiger partial charge in [-0.3, -0.25) is 9.78 Å². The Balaban J connectivity index is 1.54. The van der Waals surface area contributed by atoms with E-state index in [2.05, 4.69) is 22.5 Å². The Morgan fingerprint density at radius 1 is 1.19 bits per heavy atom. The summed E-state index contributed by atoms with van der Waals surface area (Å²) in [4.78, 5) is 16.0. The van der Waals surface area contributed by atoms with Gasteiger partial charge in [-0.15, -0.1) is 0 Å². The standard InChI is InChI=1S/C21H24N2O3/c1-25-20-12-18(14-23-21(24)13-16-4-2-3-5-16)6-7-19(20)26-15-17-8-10-22-11-9-17/h2,4,6-12,16H,3,5,13-15H2,1H3,(H,23,24). The van der Waals surface area contributed by atoms with E-state index >= 15 is 0 Å². The van der Waals surface area contributed by atoms with E-state index in [-0.39, 0.29) is 5.91 Å². The summed E-state index contributed by atoms with van der Waals surface area (Å²) >= 11 is 0. The van der Waals surface area contributed by atoms with Crippen molar-refractivity contribution in [3.63, 3.8) is 0 Å². The van der Waals surface area contributed by atoms with Crippen LogP contribution in [0.4, 0.5) is 0 Å². The van der Waals surface area contributed by atoms with Crippen molar-refractivity contribution in [2.45, 2.75) is 32.4 Å². The first-order valence-corrected chi connectivity index (χ1v) is 8.86. The minimum atomic E-state index is 0.0820. The first kappa shape index (κ1) is 18.0. The number of nitrogens with zero attached hydrogens (tertiary/aromatic N) is 1. The molecule has 136 valence electrons. The highest BCUT2D eigenvalue weighted by molar-refractivity contribution is 5.76. The topological polar surface area (TPSA) is 60.5 Å². The van der Waals surface area contributed by atoms with Crippen molar-refractivity contribution in [1.82, 2.24) is 10.3 Å². The lowest BCUT2D eigenvalue weighted by Crippen LogP contribution is -2.24. The highest BCUT2D eigenvalue weighted by Crippen LogP contribution is 2.29. The van der Waals surface area contributed by atoms with E-state index in [1.807, 2.05) is 30.3 Å². The summed E-state index contributed by atoms with van der Waals surface area (Å²) in [7, 11) is 1.61. The van der Waals surface area contributed by atoms with Crippen LogP contribution in [0.3, 0.4) is 0 Å². The number of hydrogen-bond donors (Lipinski definition) is 1. The van der Waals surface area contributed by atoms with Gasteiger partial charge in [-0.1, -0.05) is 18.2 Å². The highest BCUT2D eigenvalue weighted by atomic mass is 16.5. The lowest BCUT2D eigenvalue weighted by Gasteiger charge is -2.13. The second-order valence-corrected chi connectivity index (χ2v) is 6.38. The van der Waals surface area contributed by atoms with Crippen LogP contribution in [0.2, 0.25) is 0 Å². The van der Waals surface area contributed by atoms with Crippen LogP contribution in [0.1, 0.15) is 30.4 Å². The Labute approximate surface area is 154 Å². The molecule has 1 unspecified atom stereocenters. The molecule has 1 amide bonds. The first-order chi connectivity index (χ1) is 12.7. The second kappa shape index (κ2) is 9.04. The summed E-state index contributed by atoms with van der Waals surface area (Å²) < 4.78 is 11.3. The molecule has 0 fully saturated rings. The van der Waals surface area contributed by atoms with Crippen LogP contribution in [0, 0.1) is 5.92 Å². The van der Waals surface area contributed by atoms with Gasteiger partial charge in [-0.2, -0.15) is 0 Å². The zero-order valence-electron chi connectivity index (χ0n) is 15.0. The summed E-state index contributed by atoms with van der Waals surface area (Å²) in [5, 5.41) is 2.98. The number of rotatable bonds is 8. The van der Waals surface area contributed by atoms with Gasteiger partial charge in [0.15, 0.2) is 11.5 Å². The number of carbonyl (C=O) groups is 1. The fraction of sp³-hybridized carbons (Fsp3) is 0.333. The van der Waals surface area contributed by atoms with Crippen molar-refractivity contribution >= 4 is 5.91 Å². The van der Waals surface area contributed by atoms with Crippen molar-refractivity contribution in [2.24, 2.45) is 5.92 Å². The van der Waals surface area contributed by atoms with E-state index in [4.69, 9.17) is 9.47 Å². The molecule has 5 heteroatoms. The third-order valence-electron chi connectivity index (χ3n) is 4.42. The molecule has 1 aliphatic carbocycles. The molecule has 1 aromatic heterocycles. The summed E-state index contributed by atoms with van der Waals surface area (Å²) in [6.07, 6.45) is 10.5. The van der Waals surface area contributed by atoms with Gasteiger partial charge in [0.1, 0.15) is 6.61 Å². The van der Waals surface area contributed by atoms with Crippen molar-refractivity contribution in [1.29, 1.82) is 0 Å². The van der Waals surface area contributed by atoms with Crippen molar-refractivity contribution < 1.29 is 14.3 Å². The molecule has 2 aromatic rings. The Kier molecular flexibility index (Phi) is 6.25. The van der Waals surface area contributed by atoms with Gasteiger partial charge >= 0.3 is 0 Å². The van der Waals surface area contributed by atoms with Crippen molar-refractivity contribution in [3.8, 4) is 11.5 Å². The highest BCUT2D eigenvalue weighted by Gasteiger charge is 2.14. The van der Waals surface area contributed by atoms with Gasteiger partial charge in [-0.25, -0.2) is 0 Å². The van der Waals surface area contributed by atoms with Crippen LogP contribution in [0.5, 0.6) is 11.5 Å². The lowest BCUT2D eigenvalue weighted by molar-refractivity contribution is -0.121. The van der Waals surface area contributed by atoms with E-state index in [9.17, 15) is 4.79 Å². The SMILES string of the molecule is COc1cc(CNC(=O)CC2C=CCC2)ccc1OCc1ccncc1. The number of hydrogen-bond acceptors (Lipinski definition) is 4. The molecule has 0 saturated heterocycles. The maximum absolute atomic E-state index is 12.0. The number of aromatic nitrogens is 1. The predicted molar refractivity (Wildman–Crippen MR) is 99.9 cm³/mol. The lowest BCUT2D eigenvalue weighted by atomic mass is 10.1. The number of pyridine rings is 1. The van der Waals surface area contributed by atoms with Crippen LogP contribution in [0.15, 0.2) is 54.9 Å². The van der Waals surface area contributed by atoms with Crippen LogP contribution >= 0.6 is 0 Å². The van der Waals surface area contributed by atoms with Gasteiger partial charge in [0.2, 0.25) is 5.91 Å². The van der Waals surface area contributed by atoms with Crippen molar-refractivity contribution in [2.75, 3.05) is 7.11 Å². The Morgan fingerprint density at radius 3 is 2.77 bits per heavy atom. The van der Waals surface area contributed by atoms with Gasteiger partial charge in [0.25, 0.3) is 0 Å². The van der Waals surface area contributed by atoms with Gasteiger partial charge in [0, 0.05) is 25.4 Å². The molecule has 1 N–H and O–H groups in total. The average molecular weight is 352 g/mol. The van der Waals surface area contributed by atoms with Gasteiger partial charge in [0.05, 0.1) is 7.11 Å². The molecule has 5 nitrogen and oxygen atoms in total. The summed E-state index contributed by atoms with van der Waals surface area (Å²) in [6.45, 7) is 0.931. The Morgan fingerprint density at radius 2 is 2.04 bits per heavy atom. The zero-order valence-corrected chi connectivity index (χ0v) is 15.0. The van der Waals surface area contributed by atoms with E-state index in [0.29, 0.717) is 37.0 Å².